The molecule has 0 aromatic carbocycles. The Balaban J connectivity index is 0.00000225. The first-order valence-corrected chi connectivity index (χ1v) is 9.28. The predicted octanol–water partition coefficient (Wildman–Crippen LogP) is 0.835. The number of hydrogen-bond acceptors (Lipinski definition) is 6. The van der Waals surface area contributed by atoms with Crippen molar-refractivity contribution in [3.05, 3.63) is 10.2 Å². The molecule has 25 heavy (non-hydrogen) atoms. The minimum Gasteiger partial charge on any atom is -0.379 e. The molecule has 0 bridgehead atoms. The number of nitrogens with one attached hydrogen (secondary N) is 2. The van der Waals surface area contributed by atoms with Crippen LogP contribution in [0.1, 0.15) is 29.2 Å². The summed E-state index contributed by atoms with van der Waals surface area (Å²) in [7, 11) is 0. The van der Waals surface area contributed by atoms with Crippen molar-refractivity contribution in [3.8, 4) is 0 Å². The maximum Gasteiger partial charge on any atom is 0.255 e. The van der Waals surface area contributed by atoms with Crippen LogP contribution in [0.4, 0.5) is 5.82 Å². The lowest BCUT2D eigenvalue weighted by atomic mass is 10.2. The number of morpholine rings is 1. The molecule has 2 aliphatic heterocycles. The first-order valence-electron chi connectivity index (χ1n) is 8.49. The standard InChI is InChI=1S/C15H25BrN6O2.ClH/c16-13-12(14(17)23)15(22(20-13)11-2-4-18-10-11)19-3-1-5-21-6-8-24-9-7-21;/h11,18-19H,1-10H2,(H2,17,23);1H/t11-;/m0./s1. The highest BCUT2D eigenvalue weighted by Crippen LogP contribution is 2.29. The Morgan fingerprint density at radius 3 is 2.84 bits per heavy atom. The maximum absolute atomic E-state index is 11.8. The Hall–Kier alpha value is -0.870. The first-order chi connectivity index (χ1) is 11.7. The van der Waals surface area contributed by atoms with E-state index in [2.05, 4.69) is 36.6 Å². The van der Waals surface area contributed by atoms with Crippen LogP contribution < -0.4 is 16.4 Å². The molecule has 0 aliphatic carbocycles. The number of hydrogen-bond donors (Lipinski definition) is 3. The van der Waals surface area contributed by atoms with Gasteiger partial charge >= 0.3 is 0 Å². The van der Waals surface area contributed by atoms with Crippen molar-refractivity contribution in [1.82, 2.24) is 20.0 Å². The zero-order valence-electron chi connectivity index (χ0n) is 14.2. The van der Waals surface area contributed by atoms with Crippen LogP contribution in [0, 0.1) is 0 Å². The molecule has 0 spiro atoms. The molecule has 0 saturated carbocycles. The molecule has 2 aliphatic rings. The van der Waals surface area contributed by atoms with Gasteiger partial charge in [0.15, 0.2) is 0 Å². The summed E-state index contributed by atoms with van der Waals surface area (Å²) in [5.74, 6) is 0.264. The molecule has 2 saturated heterocycles. The number of nitrogens with zero attached hydrogens (tertiary/aromatic N) is 3. The normalized spacial score (nSPS) is 21.1. The molecule has 0 radical (unpaired) electrons. The minimum atomic E-state index is -0.463. The predicted molar refractivity (Wildman–Crippen MR) is 103 cm³/mol. The molecule has 1 amide bonds. The highest BCUT2D eigenvalue weighted by molar-refractivity contribution is 9.10. The summed E-state index contributed by atoms with van der Waals surface area (Å²) in [6.45, 7) is 7.21. The van der Waals surface area contributed by atoms with Gasteiger partial charge < -0.3 is 21.1 Å². The second-order valence-electron chi connectivity index (χ2n) is 6.20. The van der Waals surface area contributed by atoms with Gasteiger partial charge in [-0.2, -0.15) is 5.10 Å². The fourth-order valence-corrected chi connectivity index (χ4v) is 3.80. The summed E-state index contributed by atoms with van der Waals surface area (Å²) >= 11 is 3.37. The van der Waals surface area contributed by atoms with Gasteiger partial charge in [0.25, 0.3) is 5.91 Å². The van der Waals surface area contributed by atoms with Gasteiger partial charge in [0, 0.05) is 26.2 Å². The van der Waals surface area contributed by atoms with Crippen LogP contribution in [0.5, 0.6) is 0 Å². The third-order valence-electron chi connectivity index (χ3n) is 4.54. The van der Waals surface area contributed by atoms with Gasteiger partial charge in [0.05, 0.1) is 19.3 Å². The van der Waals surface area contributed by atoms with Gasteiger partial charge in [0.1, 0.15) is 16.0 Å². The van der Waals surface area contributed by atoms with Gasteiger partial charge in [-0.15, -0.1) is 12.4 Å². The van der Waals surface area contributed by atoms with E-state index in [0.29, 0.717) is 10.2 Å². The van der Waals surface area contributed by atoms with Crippen molar-refractivity contribution in [2.45, 2.75) is 18.9 Å². The molecule has 10 heteroatoms. The summed E-state index contributed by atoms with van der Waals surface area (Å²) in [5, 5.41) is 11.2. The van der Waals surface area contributed by atoms with Crippen LogP contribution in [-0.4, -0.2) is 73.1 Å². The van der Waals surface area contributed by atoms with Crippen molar-refractivity contribution in [1.29, 1.82) is 0 Å². The Morgan fingerprint density at radius 1 is 1.44 bits per heavy atom. The van der Waals surface area contributed by atoms with Gasteiger partial charge in [-0.3, -0.25) is 9.69 Å². The number of ether oxygens (including phenoxy) is 1. The molecule has 2 fully saturated rings. The maximum atomic E-state index is 11.8. The minimum absolute atomic E-state index is 0. The SMILES string of the molecule is Cl.NC(=O)c1c(Br)nn([C@H]2CCNC2)c1NCCCN1CCOCC1. The number of carbonyl (C=O) groups excluding carboxylic acids is 1. The van der Waals surface area contributed by atoms with E-state index < -0.39 is 5.91 Å². The molecule has 4 N–H and O–H groups in total. The number of primary amides is 1. The van der Waals surface area contributed by atoms with Crippen LogP contribution in [0.25, 0.3) is 0 Å². The molecular formula is C15H26BrClN6O2. The lowest BCUT2D eigenvalue weighted by Crippen LogP contribution is -2.37. The molecule has 3 heterocycles. The van der Waals surface area contributed by atoms with Crippen LogP contribution in [0.3, 0.4) is 0 Å². The monoisotopic (exact) mass is 436 g/mol. The molecule has 1 aromatic rings. The molecule has 1 aromatic heterocycles. The number of rotatable bonds is 7. The molecule has 1 atom stereocenters. The van der Waals surface area contributed by atoms with Crippen LogP contribution in [-0.2, 0) is 4.74 Å². The highest BCUT2D eigenvalue weighted by Gasteiger charge is 2.26. The molecule has 0 unspecified atom stereocenters. The number of nitrogens with two attached hydrogens (primary N) is 1. The molecule has 142 valence electrons. The van der Waals surface area contributed by atoms with E-state index in [1.165, 1.54) is 0 Å². The number of amides is 1. The van der Waals surface area contributed by atoms with Crippen LogP contribution >= 0.6 is 28.3 Å². The third kappa shape index (κ3) is 5.07. The van der Waals surface area contributed by atoms with Gasteiger partial charge in [-0.1, -0.05) is 0 Å². The number of halogens is 2. The quantitative estimate of drug-likeness (QED) is 0.547. The third-order valence-corrected chi connectivity index (χ3v) is 5.10. The van der Waals surface area contributed by atoms with Crippen molar-refractivity contribution < 1.29 is 9.53 Å². The van der Waals surface area contributed by atoms with Crippen LogP contribution in [0.15, 0.2) is 4.60 Å². The summed E-state index contributed by atoms with van der Waals surface area (Å²) in [6, 6.07) is 0.246. The largest absolute Gasteiger partial charge is 0.379 e. The fourth-order valence-electron chi connectivity index (χ4n) is 3.24. The van der Waals surface area contributed by atoms with Crippen molar-refractivity contribution in [2.24, 2.45) is 5.73 Å². The number of carbonyl (C=O) groups is 1. The summed E-state index contributed by atoms with van der Waals surface area (Å²) in [5.41, 5.74) is 5.99. The first kappa shape index (κ1) is 20.4. The Kier molecular flexibility index (Phi) is 7.95. The zero-order valence-corrected chi connectivity index (χ0v) is 16.6. The van der Waals surface area contributed by atoms with Gasteiger partial charge in [-0.05, 0) is 41.9 Å². The molecule has 3 rings (SSSR count). The number of aromatic nitrogens is 2. The molecule has 8 nitrogen and oxygen atoms in total. The Labute approximate surface area is 162 Å². The van der Waals surface area contributed by atoms with Crippen LogP contribution in [0.2, 0.25) is 0 Å². The van der Waals surface area contributed by atoms with Crippen molar-refractivity contribution in [3.63, 3.8) is 0 Å². The Bertz CT molecular complexity index is 573. The smallest absolute Gasteiger partial charge is 0.255 e. The topological polar surface area (TPSA) is 97.4 Å². The lowest BCUT2D eigenvalue weighted by molar-refractivity contribution is 0.0378. The summed E-state index contributed by atoms with van der Waals surface area (Å²) < 4.78 is 7.77. The Morgan fingerprint density at radius 2 is 2.20 bits per heavy atom. The van der Waals surface area contributed by atoms with E-state index >= 15 is 0 Å². The second-order valence-corrected chi connectivity index (χ2v) is 6.96. The van der Waals surface area contributed by atoms with Gasteiger partial charge in [-0.25, -0.2) is 4.68 Å². The zero-order chi connectivity index (χ0) is 16.9. The van der Waals surface area contributed by atoms with E-state index in [9.17, 15) is 4.79 Å². The van der Waals surface area contributed by atoms with E-state index in [-0.39, 0.29) is 18.4 Å². The fraction of sp³-hybridized carbons (Fsp3) is 0.733. The molecular weight excluding hydrogens is 412 g/mol. The highest BCUT2D eigenvalue weighted by atomic mass is 79.9. The average molecular weight is 438 g/mol. The van der Waals surface area contributed by atoms with E-state index in [1.54, 1.807) is 0 Å². The average Bonchev–Trinajstić information content (AvgIpc) is 3.20. The second kappa shape index (κ2) is 9.72. The van der Waals surface area contributed by atoms with E-state index in [4.69, 9.17) is 10.5 Å². The van der Waals surface area contributed by atoms with E-state index in [1.807, 2.05) is 4.68 Å². The summed E-state index contributed by atoms with van der Waals surface area (Å²) in [4.78, 5) is 14.2. The summed E-state index contributed by atoms with van der Waals surface area (Å²) in [6.07, 6.45) is 1.98. The van der Waals surface area contributed by atoms with Crippen molar-refractivity contribution in [2.75, 3.05) is 57.8 Å². The van der Waals surface area contributed by atoms with E-state index in [0.717, 1.165) is 71.1 Å². The number of anilines is 1. The lowest BCUT2D eigenvalue weighted by Gasteiger charge is -2.26. The van der Waals surface area contributed by atoms with Crippen molar-refractivity contribution >= 4 is 40.1 Å². The van der Waals surface area contributed by atoms with Gasteiger partial charge in [0.2, 0.25) is 0 Å².